The Morgan fingerprint density at radius 1 is 1.08 bits per heavy atom. The van der Waals surface area contributed by atoms with E-state index in [1.165, 1.54) is 24.3 Å². The minimum atomic E-state index is -0.491. The highest BCUT2D eigenvalue weighted by atomic mass is 16.6. The number of benzene rings is 2. The second-order valence-electron chi connectivity index (χ2n) is 5.13. The number of esters is 1. The summed E-state index contributed by atoms with van der Waals surface area (Å²) >= 11 is 0. The first-order chi connectivity index (χ1) is 12.1. The number of hydrogen-bond acceptors (Lipinski definition) is 7. The Balaban J connectivity index is 1.58. The minimum Gasteiger partial charge on any atom is -0.455 e. The summed E-state index contributed by atoms with van der Waals surface area (Å²) in [5.74, 6) is -0.0555. The van der Waals surface area contributed by atoms with E-state index in [0.29, 0.717) is 5.56 Å². The molecule has 0 saturated carbocycles. The Kier molecular flexibility index (Phi) is 4.79. The zero-order chi connectivity index (χ0) is 17.6. The van der Waals surface area contributed by atoms with E-state index >= 15 is 0 Å². The zero-order valence-electron chi connectivity index (χ0n) is 13.0. The molecule has 0 N–H and O–H groups in total. The van der Waals surface area contributed by atoms with Crippen LogP contribution in [0.3, 0.4) is 0 Å². The summed E-state index contributed by atoms with van der Waals surface area (Å²) in [7, 11) is 0. The number of nitro benzene ring substituents is 1. The van der Waals surface area contributed by atoms with Gasteiger partial charge in [-0.05, 0) is 17.7 Å². The van der Waals surface area contributed by atoms with Crippen molar-refractivity contribution in [3.05, 3.63) is 76.2 Å². The Hall–Kier alpha value is -3.55. The molecular formula is C17H13N3O5. The van der Waals surface area contributed by atoms with Crippen molar-refractivity contribution < 1.29 is 18.9 Å². The van der Waals surface area contributed by atoms with Crippen LogP contribution in [0.5, 0.6) is 0 Å². The number of nitrogens with zero attached hydrogens (tertiary/aromatic N) is 3. The molecule has 8 heteroatoms. The average Bonchev–Trinajstić information content (AvgIpc) is 3.10. The zero-order valence-corrected chi connectivity index (χ0v) is 13.0. The Bertz CT molecular complexity index is 875. The summed E-state index contributed by atoms with van der Waals surface area (Å²) in [5, 5.41) is 18.3. The summed E-state index contributed by atoms with van der Waals surface area (Å²) in [5.41, 5.74) is 1.36. The number of hydrogen-bond donors (Lipinski definition) is 0. The van der Waals surface area contributed by atoms with Crippen LogP contribution >= 0.6 is 0 Å². The molecule has 8 nitrogen and oxygen atoms in total. The van der Waals surface area contributed by atoms with Gasteiger partial charge in [0.15, 0.2) is 6.61 Å². The summed E-state index contributed by atoms with van der Waals surface area (Å²) in [6, 6.07) is 14.9. The fourth-order valence-corrected chi connectivity index (χ4v) is 2.11. The first kappa shape index (κ1) is 16.3. The van der Waals surface area contributed by atoms with E-state index < -0.39 is 10.9 Å². The van der Waals surface area contributed by atoms with E-state index in [-0.39, 0.29) is 30.5 Å². The highest BCUT2D eigenvalue weighted by Crippen LogP contribution is 2.21. The molecule has 126 valence electrons. The molecule has 0 atom stereocenters. The number of rotatable bonds is 6. The van der Waals surface area contributed by atoms with Gasteiger partial charge in [-0.1, -0.05) is 30.3 Å². The number of carbonyl (C=O) groups is 1. The van der Waals surface area contributed by atoms with Crippen molar-refractivity contribution in [2.45, 2.75) is 13.0 Å². The highest BCUT2D eigenvalue weighted by Gasteiger charge is 2.13. The van der Waals surface area contributed by atoms with Gasteiger partial charge < -0.3 is 9.15 Å². The van der Waals surface area contributed by atoms with Crippen molar-refractivity contribution in [1.82, 2.24) is 10.2 Å². The summed E-state index contributed by atoms with van der Waals surface area (Å²) in [4.78, 5) is 21.9. The SMILES string of the molecule is O=C(Cc1ccccc1)OCc1nnc(-c2ccc([N+](=O)[O-])cc2)o1. The molecule has 1 heterocycles. The van der Waals surface area contributed by atoms with Gasteiger partial charge >= 0.3 is 5.97 Å². The van der Waals surface area contributed by atoms with Crippen LogP contribution in [-0.2, 0) is 22.6 Å². The first-order valence-electron chi connectivity index (χ1n) is 7.38. The molecule has 0 aliphatic carbocycles. The third-order valence-corrected chi connectivity index (χ3v) is 3.34. The molecular weight excluding hydrogens is 326 g/mol. The van der Waals surface area contributed by atoms with Gasteiger partial charge in [0.2, 0.25) is 5.89 Å². The molecule has 0 amide bonds. The number of aromatic nitrogens is 2. The fraction of sp³-hybridized carbons (Fsp3) is 0.118. The smallest absolute Gasteiger partial charge is 0.310 e. The van der Waals surface area contributed by atoms with Crippen molar-refractivity contribution in [2.75, 3.05) is 0 Å². The molecule has 0 fully saturated rings. The number of non-ortho nitro benzene ring substituents is 1. The number of ether oxygens (including phenoxy) is 1. The quantitative estimate of drug-likeness (QED) is 0.386. The third-order valence-electron chi connectivity index (χ3n) is 3.34. The molecule has 0 aliphatic rings. The van der Waals surface area contributed by atoms with Crippen LogP contribution in [-0.4, -0.2) is 21.1 Å². The normalized spacial score (nSPS) is 10.4. The third kappa shape index (κ3) is 4.25. The Morgan fingerprint density at radius 2 is 1.80 bits per heavy atom. The van der Waals surface area contributed by atoms with Gasteiger partial charge in [-0.2, -0.15) is 0 Å². The van der Waals surface area contributed by atoms with Gasteiger partial charge in [0.1, 0.15) is 0 Å². The van der Waals surface area contributed by atoms with Gasteiger partial charge in [-0.3, -0.25) is 14.9 Å². The lowest BCUT2D eigenvalue weighted by molar-refractivity contribution is -0.384. The molecule has 25 heavy (non-hydrogen) atoms. The lowest BCUT2D eigenvalue weighted by atomic mass is 10.2. The number of carbonyl (C=O) groups excluding carboxylic acids is 1. The maximum Gasteiger partial charge on any atom is 0.310 e. The van der Waals surface area contributed by atoms with Crippen LogP contribution in [0.25, 0.3) is 11.5 Å². The topological polar surface area (TPSA) is 108 Å². The molecule has 0 bridgehead atoms. The van der Waals surface area contributed by atoms with E-state index in [9.17, 15) is 14.9 Å². The van der Waals surface area contributed by atoms with Gasteiger partial charge in [0.05, 0.1) is 11.3 Å². The standard InChI is InChI=1S/C17H13N3O5/c21-16(10-12-4-2-1-3-5-12)24-11-15-18-19-17(25-15)13-6-8-14(9-7-13)20(22)23/h1-9H,10-11H2. The Labute approximate surface area is 142 Å². The second kappa shape index (κ2) is 7.35. The fourth-order valence-electron chi connectivity index (χ4n) is 2.11. The van der Waals surface area contributed by atoms with E-state index in [1.54, 1.807) is 0 Å². The lowest BCUT2D eigenvalue weighted by Gasteiger charge is -2.02. The Morgan fingerprint density at radius 3 is 2.48 bits per heavy atom. The van der Waals surface area contributed by atoms with Crippen LogP contribution in [0.1, 0.15) is 11.5 Å². The van der Waals surface area contributed by atoms with Crippen LogP contribution < -0.4 is 0 Å². The predicted molar refractivity (Wildman–Crippen MR) is 86.3 cm³/mol. The molecule has 0 saturated heterocycles. The monoisotopic (exact) mass is 339 g/mol. The maximum absolute atomic E-state index is 11.8. The molecule has 3 rings (SSSR count). The maximum atomic E-state index is 11.8. The molecule has 0 aliphatic heterocycles. The summed E-state index contributed by atoms with van der Waals surface area (Å²) in [6.07, 6.45) is 0.157. The van der Waals surface area contributed by atoms with Gasteiger partial charge in [-0.15, -0.1) is 10.2 Å². The van der Waals surface area contributed by atoms with Crippen molar-refractivity contribution in [3.8, 4) is 11.5 Å². The molecule has 0 unspecified atom stereocenters. The number of nitro groups is 1. The second-order valence-corrected chi connectivity index (χ2v) is 5.13. The summed E-state index contributed by atoms with van der Waals surface area (Å²) < 4.78 is 10.5. The van der Waals surface area contributed by atoms with Crippen LogP contribution in [0.2, 0.25) is 0 Å². The first-order valence-corrected chi connectivity index (χ1v) is 7.38. The lowest BCUT2D eigenvalue weighted by Crippen LogP contribution is -2.08. The molecule has 0 radical (unpaired) electrons. The minimum absolute atomic E-state index is 0.0293. The van der Waals surface area contributed by atoms with E-state index in [2.05, 4.69) is 10.2 Å². The van der Waals surface area contributed by atoms with E-state index in [1.807, 2.05) is 30.3 Å². The van der Waals surface area contributed by atoms with E-state index in [4.69, 9.17) is 9.15 Å². The molecule has 0 spiro atoms. The largest absolute Gasteiger partial charge is 0.455 e. The summed E-state index contributed by atoms with van der Waals surface area (Å²) in [6.45, 7) is -0.133. The molecule has 3 aromatic rings. The molecule has 2 aromatic carbocycles. The van der Waals surface area contributed by atoms with Gasteiger partial charge in [0, 0.05) is 17.7 Å². The van der Waals surface area contributed by atoms with Crippen molar-refractivity contribution >= 4 is 11.7 Å². The predicted octanol–water partition coefficient (Wildman–Crippen LogP) is 2.93. The molecule has 1 aromatic heterocycles. The van der Waals surface area contributed by atoms with Crippen LogP contribution in [0, 0.1) is 10.1 Å². The van der Waals surface area contributed by atoms with Gasteiger partial charge in [-0.25, -0.2) is 0 Å². The highest BCUT2D eigenvalue weighted by molar-refractivity contribution is 5.72. The van der Waals surface area contributed by atoms with Crippen molar-refractivity contribution in [1.29, 1.82) is 0 Å². The van der Waals surface area contributed by atoms with Gasteiger partial charge in [0.25, 0.3) is 11.6 Å². The van der Waals surface area contributed by atoms with E-state index in [0.717, 1.165) is 5.56 Å². The van der Waals surface area contributed by atoms with Crippen LogP contribution in [0.15, 0.2) is 59.0 Å². The average molecular weight is 339 g/mol. The van der Waals surface area contributed by atoms with Crippen molar-refractivity contribution in [3.63, 3.8) is 0 Å². The van der Waals surface area contributed by atoms with Crippen LogP contribution in [0.4, 0.5) is 5.69 Å². The van der Waals surface area contributed by atoms with Crippen molar-refractivity contribution in [2.24, 2.45) is 0 Å².